The molecule has 0 aliphatic heterocycles. The number of nitrogens with one attached hydrogen (secondary N) is 1. The third kappa shape index (κ3) is 3.73. The standard InChI is InChI=1S/C23H22F4N4O/c1-12(17-9-13-2-3-15(17)8-13)28-22(32)19-11-21-29-18(14-4-6-16(24)7-5-14)10-20(23(25,26)27)31(21)30-19/h4-7,10-13,15,17H,2-3,8-9H2,1H3,(H,28,32). The Kier molecular flexibility index (Phi) is 4.94. The summed E-state index contributed by atoms with van der Waals surface area (Å²) in [6, 6.07) is 7.05. The van der Waals surface area contributed by atoms with Crippen molar-refractivity contribution in [1.82, 2.24) is 19.9 Å². The molecule has 5 rings (SSSR count). The Labute approximate surface area is 181 Å². The van der Waals surface area contributed by atoms with E-state index in [1.54, 1.807) is 0 Å². The zero-order valence-corrected chi connectivity index (χ0v) is 17.4. The van der Waals surface area contributed by atoms with Gasteiger partial charge in [-0.15, -0.1) is 0 Å². The largest absolute Gasteiger partial charge is 0.433 e. The quantitative estimate of drug-likeness (QED) is 0.567. The van der Waals surface area contributed by atoms with Gasteiger partial charge in [-0.25, -0.2) is 13.9 Å². The number of carbonyl (C=O) groups excluding carboxylic acids is 1. The number of hydrogen-bond acceptors (Lipinski definition) is 3. The third-order valence-corrected chi connectivity index (χ3v) is 6.88. The smallest absolute Gasteiger partial charge is 0.348 e. The van der Waals surface area contributed by atoms with Crippen LogP contribution in [-0.2, 0) is 6.18 Å². The number of alkyl halides is 3. The van der Waals surface area contributed by atoms with Gasteiger partial charge in [-0.2, -0.15) is 18.3 Å². The first-order valence-electron chi connectivity index (χ1n) is 10.7. The number of fused-ring (bicyclic) bond motifs is 3. The summed E-state index contributed by atoms with van der Waals surface area (Å²) in [5.74, 6) is 0.709. The first-order chi connectivity index (χ1) is 15.2. The molecule has 2 bridgehead atoms. The van der Waals surface area contributed by atoms with E-state index in [-0.39, 0.29) is 23.1 Å². The number of benzene rings is 1. The van der Waals surface area contributed by atoms with E-state index in [1.165, 1.54) is 37.5 Å². The van der Waals surface area contributed by atoms with Crippen molar-refractivity contribution in [3.63, 3.8) is 0 Å². The molecule has 1 aromatic carbocycles. The molecule has 0 saturated heterocycles. The molecule has 2 aliphatic carbocycles. The van der Waals surface area contributed by atoms with Crippen molar-refractivity contribution < 1.29 is 22.4 Å². The van der Waals surface area contributed by atoms with E-state index in [1.807, 2.05) is 6.92 Å². The molecule has 4 atom stereocenters. The van der Waals surface area contributed by atoms with Crippen LogP contribution < -0.4 is 5.32 Å². The molecule has 2 aliphatic rings. The van der Waals surface area contributed by atoms with Crippen LogP contribution >= 0.6 is 0 Å². The highest BCUT2D eigenvalue weighted by Crippen LogP contribution is 2.49. The van der Waals surface area contributed by atoms with Gasteiger partial charge in [0.15, 0.2) is 17.0 Å². The van der Waals surface area contributed by atoms with E-state index in [9.17, 15) is 22.4 Å². The predicted molar refractivity (Wildman–Crippen MR) is 109 cm³/mol. The minimum Gasteiger partial charge on any atom is -0.348 e. The monoisotopic (exact) mass is 446 g/mol. The molecule has 2 heterocycles. The number of nitrogens with zero attached hydrogens (tertiary/aromatic N) is 3. The normalized spacial score (nSPS) is 23.6. The maximum Gasteiger partial charge on any atom is 0.433 e. The summed E-state index contributed by atoms with van der Waals surface area (Å²) in [4.78, 5) is 17.0. The maximum atomic E-state index is 13.7. The molecule has 0 radical (unpaired) electrons. The van der Waals surface area contributed by atoms with Crippen LogP contribution in [0.1, 0.15) is 48.8 Å². The second-order valence-electron chi connectivity index (χ2n) is 8.93. The topological polar surface area (TPSA) is 59.3 Å². The van der Waals surface area contributed by atoms with Crippen molar-refractivity contribution in [2.24, 2.45) is 17.8 Å². The van der Waals surface area contributed by atoms with E-state index in [4.69, 9.17) is 0 Å². The summed E-state index contributed by atoms with van der Waals surface area (Å²) in [5.41, 5.74) is -0.920. The average molecular weight is 446 g/mol. The number of hydrogen-bond donors (Lipinski definition) is 1. The highest BCUT2D eigenvalue weighted by molar-refractivity contribution is 5.93. The van der Waals surface area contributed by atoms with Crippen LogP contribution in [0.4, 0.5) is 17.6 Å². The molecule has 0 spiro atoms. The number of halogens is 4. The molecule has 4 unspecified atom stereocenters. The van der Waals surface area contributed by atoms with Crippen molar-refractivity contribution >= 4 is 11.6 Å². The van der Waals surface area contributed by atoms with Crippen LogP contribution in [0.2, 0.25) is 0 Å². The average Bonchev–Trinajstić information content (AvgIpc) is 3.48. The first kappa shape index (κ1) is 20.9. The molecule has 1 amide bonds. The summed E-state index contributed by atoms with van der Waals surface area (Å²) < 4.78 is 55.1. The fourth-order valence-electron chi connectivity index (χ4n) is 5.35. The lowest BCUT2D eigenvalue weighted by molar-refractivity contribution is -0.142. The maximum absolute atomic E-state index is 13.7. The van der Waals surface area contributed by atoms with Crippen molar-refractivity contribution in [3.8, 4) is 11.3 Å². The Morgan fingerprint density at radius 1 is 1.16 bits per heavy atom. The van der Waals surface area contributed by atoms with E-state index in [0.29, 0.717) is 21.9 Å². The van der Waals surface area contributed by atoms with Gasteiger partial charge in [0.25, 0.3) is 5.91 Å². The molecule has 5 nitrogen and oxygen atoms in total. The fraction of sp³-hybridized carbons (Fsp3) is 0.435. The minimum absolute atomic E-state index is 0.0204. The van der Waals surface area contributed by atoms with Gasteiger partial charge < -0.3 is 5.32 Å². The Bertz CT molecular complexity index is 1170. The number of rotatable bonds is 4. The molecule has 1 N–H and O–H groups in total. The lowest BCUT2D eigenvalue weighted by Gasteiger charge is -2.28. The van der Waals surface area contributed by atoms with Gasteiger partial charge in [-0.05, 0) is 74.3 Å². The van der Waals surface area contributed by atoms with Crippen molar-refractivity contribution in [2.75, 3.05) is 0 Å². The highest BCUT2D eigenvalue weighted by Gasteiger charge is 2.42. The molecule has 2 fully saturated rings. The molecule has 9 heteroatoms. The molecule has 2 saturated carbocycles. The van der Waals surface area contributed by atoms with Gasteiger partial charge in [0.2, 0.25) is 0 Å². The number of amides is 1. The van der Waals surface area contributed by atoms with Crippen LogP contribution in [0.3, 0.4) is 0 Å². The fourth-order valence-corrected chi connectivity index (χ4v) is 5.35. The summed E-state index contributed by atoms with van der Waals surface area (Å²) in [6.45, 7) is 1.95. The molecule has 2 aromatic heterocycles. The first-order valence-corrected chi connectivity index (χ1v) is 10.7. The number of aromatic nitrogens is 3. The van der Waals surface area contributed by atoms with Gasteiger partial charge >= 0.3 is 6.18 Å². The van der Waals surface area contributed by atoms with Crippen molar-refractivity contribution in [2.45, 2.75) is 44.8 Å². The van der Waals surface area contributed by atoms with Crippen molar-refractivity contribution in [1.29, 1.82) is 0 Å². The zero-order valence-electron chi connectivity index (χ0n) is 17.4. The van der Waals surface area contributed by atoms with Crippen LogP contribution in [0.25, 0.3) is 16.9 Å². The molecule has 168 valence electrons. The summed E-state index contributed by atoms with van der Waals surface area (Å²) >= 11 is 0. The van der Waals surface area contributed by atoms with Gasteiger partial charge in [-0.3, -0.25) is 4.79 Å². The van der Waals surface area contributed by atoms with Crippen LogP contribution in [0.5, 0.6) is 0 Å². The predicted octanol–water partition coefficient (Wildman–Crippen LogP) is 5.11. The second-order valence-corrected chi connectivity index (χ2v) is 8.93. The Morgan fingerprint density at radius 2 is 1.91 bits per heavy atom. The molecule has 3 aromatic rings. The van der Waals surface area contributed by atoms with E-state index in [2.05, 4.69) is 15.4 Å². The van der Waals surface area contributed by atoms with Gasteiger partial charge in [0.05, 0.1) is 5.69 Å². The lowest BCUT2D eigenvalue weighted by Crippen LogP contribution is -2.40. The third-order valence-electron chi connectivity index (χ3n) is 6.88. The van der Waals surface area contributed by atoms with E-state index < -0.39 is 23.6 Å². The van der Waals surface area contributed by atoms with Gasteiger partial charge in [-0.1, -0.05) is 6.42 Å². The Balaban J connectivity index is 1.46. The molecule has 32 heavy (non-hydrogen) atoms. The Morgan fingerprint density at radius 3 is 2.53 bits per heavy atom. The van der Waals surface area contributed by atoms with Gasteiger partial charge in [0.1, 0.15) is 5.82 Å². The minimum atomic E-state index is -4.72. The summed E-state index contributed by atoms with van der Waals surface area (Å²) in [7, 11) is 0. The van der Waals surface area contributed by atoms with Crippen LogP contribution in [-0.4, -0.2) is 26.5 Å². The van der Waals surface area contributed by atoms with E-state index >= 15 is 0 Å². The van der Waals surface area contributed by atoms with E-state index in [0.717, 1.165) is 30.5 Å². The van der Waals surface area contributed by atoms with Crippen LogP contribution in [0.15, 0.2) is 36.4 Å². The SMILES string of the molecule is CC(NC(=O)c1cc2nc(-c3ccc(F)cc3)cc(C(F)(F)F)n2n1)C1CC2CCC1C2. The molecular weight excluding hydrogens is 424 g/mol. The van der Waals surface area contributed by atoms with Crippen LogP contribution in [0, 0.1) is 23.6 Å². The van der Waals surface area contributed by atoms with Crippen molar-refractivity contribution in [3.05, 3.63) is 53.6 Å². The highest BCUT2D eigenvalue weighted by atomic mass is 19.4. The zero-order chi connectivity index (χ0) is 22.6. The lowest BCUT2D eigenvalue weighted by atomic mass is 9.84. The molecular formula is C23H22F4N4O. The van der Waals surface area contributed by atoms with Gasteiger partial charge in [0, 0.05) is 17.7 Å². The second kappa shape index (κ2) is 7.56. The number of carbonyl (C=O) groups is 1. The Hall–Kier alpha value is -2.97. The summed E-state index contributed by atoms with van der Waals surface area (Å²) in [5, 5.41) is 6.85. The summed E-state index contributed by atoms with van der Waals surface area (Å²) in [6.07, 6.45) is -0.0139.